The van der Waals surface area contributed by atoms with Crippen molar-refractivity contribution in [3.63, 3.8) is 0 Å². The van der Waals surface area contributed by atoms with Crippen LogP contribution in [0.3, 0.4) is 0 Å². The Morgan fingerprint density at radius 2 is 1.69 bits per heavy atom. The third-order valence-electron chi connectivity index (χ3n) is 2.96. The highest BCUT2D eigenvalue weighted by atomic mass is 16.6. The second-order valence-electron chi connectivity index (χ2n) is 4.96. The molecule has 1 fully saturated rings. The summed E-state index contributed by atoms with van der Waals surface area (Å²) in [6.45, 7) is 7.26. The smallest absolute Gasteiger partial charge is 0.165 e. The summed E-state index contributed by atoms with van der Waals surface area (Å²) < 4.78 is 5.47. The Labute approximate surface area is 81.3 Å². The van der Waals surface area contributed by atoms with Gasteiger partial charge in [0.05, 0.1) is 0 Å². The van der Waals surface area contributed by atoms with Gasteiger partial charge < -0.3 is 9.84 Å². The van der Waals surface area contributed by atoms with Gasteiger partial charge in [-0.2, -0.15) is 0 Å². The van der Waals surface area contributed by atoms with Crippen molar-refractivity contribution in [3.8, 4) is 0 Å². The minimum atomic E-state index is -0.814. The molecule has 1 N–H and O–H groups in total. The van der Waals surface area contributed by atoms with Crippen molar-refractivity contribution in [2.45, 2.75) is 58.7 Å². The van der Waals surface area contributed by atoms with E-state index in [0.717, 1.165) is 32.1 Å². The lowest BCUT2D eigenvalue weighted by Gasteiger charge is -2.39. The first-order chi connectivity index (χ1) is 5.97. The van der Waals surface area contributed by atoms with Crippen molar-refractivity contribution in [3.05, 3.63) is 0 Å². The van der Waals surface area contributed by atoms with E-state index in [1.165, 1.54) is 0 Å². The van der Waals surface area contributed by atoms with Gasteiger partial charge in [-0.25, -0.2) is 0 Å². The molecule has 78 valence electrons. The highest BCUT2D eigenvalue weighted by Crippen LogP contribution is 2.40. The van der Waals surface area contributed by atoms with Gasteiger partial charge >= 0.3 is 0 Å². The van der Waals surface area contributed by atoms with Gasteiger partial charge in [0.25, 0.3) is 0 Å². The molecule has 0 aromatic rings. The minimum absolute atomic E-state index is 0.391. The Hall–Kier alpha value is -0.0800. The van der Waals surface area contributed by atoms with Crippen LogP contribution in [0.5, 0.6) is 0 Å². The molecule has 1 rings (SSSR count). The van der Waals surface area contributed by atoms with Crippen molar-refractivity contribution in [2.24, 2.45) is 5.41 Å². The standard InChI is InChI=1S/C11H22O2/c1-4-9-13-11(12)7-5-10(2,3)6-8-11/h12H,4-9H2,1-3H3. The molecular formula is C11H22O2. The number of hydrogen-bond acceptors (Lipinski definition) is 2. The van der Waals surface area contributed by atoms with Crippen LogP contribution < -0.4 is 0 Å². The molecule has 0 bridgehead atoms. The Morgan fingerprint density at radius 1 is 1.15 bits per heavy atom. The lowest BCUT2D eigenvalue weighted by atomic mass is 9.75. The SMILES string of the molecule is CCCOC1(O)CCC(C)(C)CC1. The van der Waals surface area contributed by atoms with E-state index in [0.29, 0.717) is 12.0 Å². The molecular weight excluding hydrogens is 164 g/mol. The summed E-state index contributed by atoms with van der Waals surface area (Å²) in [5.74, 6) is -0.814. The van der Waals surface area contributed by atoms with Gasteiger partial charge in [-0.3, -0.25) is 0 Å². The second kappa shape index (κ2) is 3.97. The Kier molecular flexibility index (Phi) is 3.36. The van der Waals surface area contributed by atoms with Crippen molar-refractivity contribution >= 4 is 0 Å². The first kappa shape index (κ1) is 11.0. The Balaban J connectivity index is 2.37. The van der Waals surface area contributed by atoms with E-state index < -0.39 is 5.79 Å². The monoisotopic (exact) mass is 186 g/mol. The zero-order valence-corrected chi connectivity index (χ0v) is 9.10. The number of hydrogen-bond donors (Lipinski definition) is 1. The van der Waals surface area contributed by atoms with Crippen LogP contribution in [0.25, 0.3) is 0 Å². The molecule has 0 saturated heterocycles. The summed E-state index contributed by atoms with van der Waals surface area (Å²) in [5, 5.41) is 10.0. The maximum Gasteiger partial charge on any atom is 0.165 e. The van der Waals surface area contributed by atoms with E-state index in [1.54, 1.807) is 0 Å². The molecule has 0 aromatic heterocycles. The highest BCUT2D eigenvalue weighted by Gasteiger charge is 2.37. The van der Waals surface area contributed by atoms with Crippen molar-refractivity contribution in [2.75, 3.05) is 6.61 Å². The molecule has 0 spiro atoms. The summed E-state index contributed by atoms with van der Waals surface area (Å²) in [6.07, 6.45) is 4.69. The maximum atomic E-state index is 10.0. The molecule has 0 radical (unpaired) electrons. The lowest BCUT2D eigenvalue weighted by Crippen LogP contribution is -2.39. The van der Waals surface area contributed by atoms with E-state index in [1.807, 2.05) is 0 Å². The summed E-state index contributed by atoms with van der Waals surface area (Å²) in [4.78, 5) is 0. The van der Waals surface area contributed by atoms with Crippen LogP contribution in [0.2, 0.25) is 0 Å². The molecule has 13 heavy (non-hydrogen) atoms. The molecule has 2 nitrogen and oxygen atoms in total. The molecule has 0 heterocycles. The predicted molar refractivity (Wildman–Crippen MR) is 53.4 cm³/mol. The minimum Gasteiger partial charge on any atom is -0.365 e. The fraction of sp³-hybridized carbons (Fsp3) is 1.00. The quantitative estimate of drug-likeness (QED) is 0.687. The topological polar surface area (TPSA) is 29.5 Å². The normalized spacial score (nSPS) is 25.8. The molecule has 0 unspecified atom stereocenters. The Morgan fingerprint density at radius 3 is 2.15 bits per heavy atom. The van der Waals surface area contributed by atoms with Crippen LogP contribution in [-0.4, -0.2) is 17.5 Å². The van der Waals surface area contributed by atoms with Crippen LogP contribution in [0, 0.1) is 5.41 Å². The van der Waals surface area contributed by atoms with Crippen molar-refractivity contribution < 1.29 is 9.84 Å². The zero-order chi connectivity index (χ0) is 9.95. The van der Waals surface area contributed by atoms with Crippen molar-refractivity contribution in [1.29, 1.82) is 0 Å². The van der Waals surface area contributed by atoms with Crippen LogP contribution in [0.1, 0.15) is 52.9 Å². The van der Waals surface area contributed by atoms with Gasteiger partial charge in [-0.1, -0.05) is 20.8 Å². The van der Waals surface area contributed by atoms with E-state index in [2.05, 4.69) is 20.8 Å². The second-order valence-corrected chi connectivity index (χ2v) is 4.96. The number of aliphatic hydroxyl groups is 1. The van der Waals surface area contributed by atoms with E-state index in [-0.39, 0.29) is 0 Å². The van der Waals surface area contributed by atoms with E-state index in [4.69, 9.17) is 4.74 Å². The summed E-state index contributed by atoms with van der Waals surface area (Å²) in [6, 6.07) is 0. The molecule has 0 atom stereocenters. The third kappa shape index (κ3) is 3.28. The summed E-state index contributed by atoms with van der Waals surface area (Å²) in [5.41, 5.74) is 0.391. The van der Waals surface area contributed by atoms with Gasteiger partial charge in [-0.05, 0) is 24.7 Å². The van der Waals surface area contributed by atoms with Crippen molar-refractivity contribution in [1.82, 2.24) is 0 Å². The molecule has 1 aliphatic carbocycles. The number of rotatable bonds is 3. The average molecular weight is 186 g/mol. The lowest BCUT2D eigenvalue weighted by molar-refractivity contribution is -0.229. The molecule has 0 aliphatic heterocycles. The third-order valence-corrected chi connectivity index (χ3v) is 2.96. The first-order valence-electron chi connectivity index (χ1n) is 5.34. The van der Waals surface area contributed by atoms with E-state index >= 15 is 0 Å². The number of ether oxygens (including phenoxy) is 1. The molecule has 1 saturated carbocycles. The van der Waals surface area contributed by atoms with Crippen LogP contribution in [-0.2, 0) is 4.74 Å². The van der Waals surface area contributed by atoms with Gasteiger partial charge in [0.1, 0.15) is 0 Å². The van der Waals surface area contributed by atoms with Crippen LogP contribution >= 0.6 is 0 Å². The van der Waals surface area contributed by atoms with Crippen LogP contribution in [0.15, 0.2) is 0 Å². The highest BCUT2D eigenvalue weighted by molar-refractivity contribution is 4.83. The molecule has 0 aromatic carbocycles. The predicted octanol–water partition coefficient (Wildman–Crippen LogP) is 2.70. The largest absolute Gasteiger partial charge is 0.365 e. The zero-order valence-electron chi connectivity index (χ0n) is 9.10. The van der Waals surface area contributed by atoms with Gasteiger partial charge in [0, 0.05) is 19.4 Å². The van der Waals surface area contributed by atoms with Gasteiger partial charge in [0.2, 0.25) is 0 Å². The summed E-state index contributed by atoms with van der Waals surface area (Å²) >= 11 is 0. The molecule has 1 aliphatic rings. The molecule has 2 heteroatoms. The van der Waals surface area contributed by atoms with Gasteiger partial charge in [0.15, 0.2) is 5.79 Å². The van der Waals surface area contributed by atoms with E-state index in [9.17, 15) is 5.11 Å². The summed E-state index contributed by atoms with van der Waals surface area (Å²) in [7, 11) is 0. The maximum absolute atomic E-state index is 10.0. The fourth-order valence-corrected chi connectivity index (χ4v) is 1.75. The average Bonchev–Trinajstić information content (AvgIpc) is 2.08. The van der Waals surface area contributed by atoms with Crippen LogP contribution in [0.4, 0.5) is 0 Å². The molecule has 0 amide bonds. The van der Waals surface area contributed by atoms with Gasteiger partial charge in [-0.15, -0.1) is 0 Å². The first-order valence-corrected chi connectivity index (χ1v) is 5.34. The fourth-order valence-electron chi connectivity index (χ4n) is 1.75. The Bertz CT molecular complexity index is 153.